The molecular weight excluding hydrogens is 249 g/mol. The van der Waals surface area contributed by atoms with Gasteiger partial charge in [-0.2, -0.15) is 0 Å². The third-order valence-corrected chi connectivity index (χ3v) is 4.42. The van der Waals surface area contributed by atoms with Crippen LogP contribution in [0.2, 0.25) is 5.02 Å². The minimum Gasteiger partial charge on any atom is -0.317 e. The highest BCUT2D eigenvalue weighted by molar-refractivity contribution is 6.30. The van der Waals surface area contributed by atoms with Crippen molar-refractivity contribution in [3.05, 3.63) is 34.6 Å². The van der Waals surface area contributed by atoms with Crippen LogP contribution in [0.25, 0.3) is 0 Å². The van der Waals surface area contributed by atoms with E-state index in [1.165, 1.54) is 12.8 Å². The van der Waals surface area contributed by atoms with Crippen molar-refractivity contribution in [3.8, 4) is 0 Å². The summed E-state index contributed by atoms with van der Waals surface area (Å²) >= 11 is 5.84. The third-order valence-electron chi connectivity index (χ3n) is 4.13. The molecule has 1 aromatic carbocycles. The average Bonchev–Trinajstić information content (AvgIpc) is 2.35. The summed E-state index contributed by atoms with van der Waals surface area (Å²) in [7, 11) is 2.00. The lowest BCUT2D eigenvalue weighted by atomic mass is 9.76. The largest absolute Gasteiger partial charge is 0.317 e. The SMILES string of the molecule is CNC1CCC(C)CC1Cc1cccc(Cl)c1F. The van der Waals surface area contributed by atoms with Crippen molar-refractivity contribution in [2.75, 3.05) is 7.05 Å². The molecule has 0 aromatic heterocycles. The quantitative estimate of drug-likeness (QED) is 0.873. The van der Waals surface area contributed by atoms with Crippen LogP contribution < -0.4 is 5.32 Å². The Morgan fingerprint density at radius 2 is 2.17 bits per heavy atom. The molecule has 0 radical (unpaired) electrons. The smallest absolute Gasteiger partial charge is 0.144 e. The van der Waals surface area contributed by atoms with Crippen molar-refractivity contribution in [1.29, 1.82) is 0 Å². The molecule has 1 aromatic rings. The van der Waals surface area contributed by atoms with Crippen molar-refractivity contribution < 1.29 is 4.39 Å². The standard InChI is InChI=1S/C15H21ClFN/c1-10-6-7-14(18-2)12(8-10)9-11-4-3-5-13(16)15(11)17/h3-5,10,12,14,18H,6-9H2,1-2H3. The lowest BCUT2D eigenvalue weighted by molar-refractivity contribution is 0.219. The summed E-state index contributed by atoms with van der Waals surface area (Å²) in [4.78, 5) is 0. The fourth-order valence-electron chi connectivity index (χ4n) is 3.09. The molecule has 100 valence electrons. The van der Waals surface area contributed by atoms with Crippen molar-refractivity contribution in [1.82, 2.24) is 5.32 Å². The fraction of sp³-hybridized carbons (Fsp3) is 0.600. The highest BCUT2D eigenvalue weighted by Gasteiger charge is 2.28. The van der Waals surface area contributed by atoms with E-state index >= 15 is 0 Å². The van der Waals surface area contributed by atoms with Crippen LogP contribution >= 0.6 is 11.6 Å². The maximum atomic E-state index is 13.9. The molecule has 18 heavy (non-hydrogen) atoms. The molecule has 0 amide bonds. The first kappa shape index (κ1) is 13.8. The van der Waals surface area contributed by atoms with Gasteiger partial charge in [0, 0.05) is 6.04 Å². The maximum absolute atomic E-state index is 13.9. The van der Waals surface area contributed by atoms with Crippen LogP contribution in [0.1, 0.15) is 31.7 Å². The first-order valence-corrected chi connectivity index (χ1v) is 7.09. The van der Waals surface area contributed by atoms with E-state index in [1.54, 1.807) is 6.07 Å². The number of hydrogen-bond acceptors (Lipinski definition) is 1. The molecule has 1 aliphatic carbocycles. The Labute approximate surface area is 114 Å². The number of nitrogens with one attached hydrogen (secondary N) is 1. The molecule has 3 unspecified atom stereocenters. The Hall–Kier alpha value is -0.600. The molecule has 0 saturated heterocycles. The zero-order chi connectivity index (χ0) is 13.1. The van der Waals surface area contributed by atoms with Gasteiger partial charge < -0.3 is 5.32 Å². The lowest BCUT2D eigenvalue weighted by Gasteiger charge is -2.35. The van der Waals surface area contributed by atoms with Crippen LogP contribution in [0.4, 0.5) is 4.39 Å². The van der Waals surface area contributed by atoms with Crippen LogP contribution in [0.15, 0.2) is 18.2 Å². The molecule has 1 N–H and O–H groups in total. The van der Waals surface area contributed by atoms with E-state index in [-0.39, 0.29) is 10.8 Å². The van der Waals surface area contributed by atoms with E-state index in [4.69, 9.17) is 11.6 Å². The molecule has 1 fully saturated rings. The van der Waals surface area contributed by atoms with Gasteiger partial charge in [-0.25, -0.2) is 4.39 Å². The molecule has 0 bridgehead atoms. The fourth-order valence-corrected chi connectivity index (χ4v) is 3.29. The average molecular weight is 270 g/mol. The normalized spacial score (nSPS) is 28.3. The number of benzene rings is 1. The molecular formula is C15H21ClFN. The first-order chi connectivity index (χ1) is 8.61. The monoisotopic (exact) mass is 269 g/mol. The molecule has 0 aliphatic heterocycles. The highest BCUT2D eigenvalue weighted by atomic mass is 35.5. The summed E-state index contributed by atoms with van der Waals surface area (Å²) in [6.45, 7) is 2.28. The molecule has 1 nitrogen and oxygen atoms in total. The second kappa shape index (κ2) is 6.03. The molecule has 0 spiro atoms. The minimum absolute atomic E-state index is 0.234. The predicted molar refractivity (Wildman–Crippen MR) is 74.5 cm³/mol. The number of rotatable bonds is 3. The summed E-state index contributed by atoms with van der Waals surface area (Å²) in [5, 5.41) is 3.61. The van der Waals surface area contributed by atoms with Gasteiger partial charge in [0.1, 0.15) is 5.82 Å². The maximum Gasteiger partial charge on any atom is 0.144 e. The number of hydrogen-bond donors (Lipinski definition) is 1. The summed E-state index contributed by atoms with van der Waals surface area (Å²) in [5.41, 5.74) is 0.752. The van der Waals surface area contributed by atoms with Crippen molar-refractivity contribution >= 4 is 11.6 Å². The summed E-state index contributed by atoms with van der Waals surface area (Å²) < 4.78 is 13.9. The van der Waals surface area contributed by atoms with Crippen LogP contribution in [-0.2, 0) is 6.42 Å². The molecule has 0 heterocycles. The third kappa shape index (κ3) is 3.04. The second-order valence-corrected chi connectivity index (χ2v) is 5.90. The van der Waals surface area contributed by atoms with E-state index in [1.807, 2.05) is 19.2 Å². The minimum atomic E-state index is -0.243. The van der Waals surface area contributed by atoms with Gasteiger partial charge in [-0.1, -0.05) is 30.7 Å². The van der Waals surface area contributed by atoms with Crippen LogP contribution in [0.5, 0.6) is 0 Å². The van der Waals surface area contributed by atoms with E-state index in [0.29, 0.717) is 12.0 Å². The highest BCUT2D eigenvalue weighted by Crippen LogP contribution is 2.32. The van der Waals surface area contributed by atoms with Gasteiger partial charge in [-0.15, -0.1) is 0 Å². The molecule has 1 saturated carbocycles. The Kier molecular flexibility index (Phi) is 4.63. The summed E-state index contributed by atoms with van der Waals surface area (Å²) in [6, 6.07) is 5.80. The van der Waals surface area contributed by atoms with Crippen LogP contribution in [0, 0.1) is 17.7 Å². The van der Waals surface area contributed by atoms with Crippen molar-refractivity contribution in [2.24, 2.45) is 11.8 Å². The Morgan fingerprint density at radius 3 is 2.89 bits per heavy atom. The molecule has 3 atom stereocenters. The number of halogens is 2. The zero-order valence-corrected chi connectivity index (χ0v) is 11.8. The summed E-state index contributed by atoms with van der Waals surface area (Å²) in [5.74, 6) is 1.00. The van der Waals surface area contributed by atoms with E-state index < -0.39 is 0 Å². The van der Waals surface area contributed by atoms with Crippen LogP contribution in [0.3, 0.4) is 0 Å². The van der Waals surface area contributed by atoms with Gasteiger partial charge in [0.2, 0.25) is 0 Å². The van der Waals surface area contributed by atoms with Gasteiger partial charge in [-0.05, 0) is 56.2 Å². The summed E-state index contributed by atoms with van der Waals surface area (Å²) in [6.07, 6.45) is 4.39. The van der Waals surface area contributed by atoms with Gasteiger partial charge in [0.05, 0.1) is 5.02 Å². The van der Waals surface area contributed by atoms with E-state index in [0.717, 1.165) is 24.3 Å². The van der Waals surface area contributed by atoms with Gasteiger partial charge in [0.25, 0.3) is 0 Å². The predicted octanol–water partition coefficient (Wildman–Crippen LogP) is 4.05. The van der Waals surface area contributed by atoms with Crippen molar-refractivity contribution in [3.63, 3.8) is 0 Å². The van der Waals surface area contributed by atoms with E-state index in [2.05, 4.69) is 12.2 Å². The van der Waals surface area contributed by atoms with Gasteiger partial charge >= 0.3 is 0 Å². The Balaban J connectivity index is 2.13. The molecule has 2 rings (SSSR count). The lowest BCUT2D eigenvalue weighted by Crippen LogP contribution is -2.39. The van der Waals surface area contributed by atoms with Crippen molar-refractivity contribution in [2.45, 2.75) is 38.6 Å². The van der Waals surface area contributed by atoms with Gasteiger partial charge in [-0.3, -0.25) is 0 Å². The zero-order valence-electron chi connectivity index (χ0n) is 11.0. The molecule has 3 heteroatoms. The molecule has 1 aliphatic rings. The first-order valence-electron chi connectivity index (χ1n) is 6.72. The second-order valence-electron chi connectivity index (χ2n) is 5.49. The van der Waals surface area contributed by atoms with Crippen LogP contribution in [-0.4, -0.2) is 13.1 Å². The van der Waals surface area contributed by atoms with E-state index in [9.17, 15) is 4.39 Å². The Morgan fingerprint density at radius 1 is 1.39 bits per heavy atom. The van der Waals surface area contributed by atoms with Gasteiger partial charge in [0.15, 0.2) is 0 Å². The Bertz CT molecular complexity index is 407. The topological polar surface area (TPSA) is 12.0 Å².